The third-order valence-corrected chi connectivity index (χ3v) is 4.29. The van der Waals surface area contributed by atoms with Gasteiger partial charge in [-0.15, -0.1) is 0 Å². The highest BCUT2D eigenvalue weighted by atomic mass is 16.3. The molecule has 0 aliphatic rings. The quantitative estimate of drug-likeness (QED) is 0.504. The standard InChI is InChI=1S/C21H17NO2/c1-22(2)16-10-7-15(8-11-16)20-13-19(23)18-12-9-14-5-3-4-6-17(14)21(18)24-20/h3-13H,1-2H3. The molecule has 0 aliphatic heterocycles. The van der Waals surface area contributed by atoms with Crippen molar-refractivity contribution in [2.24, 2.45) is 0 Å². The van der Waals surface area contributed by atoms with E-state index in [2.05, 4.69) is 0 Å². The van der Waals surface area contributed by atoms with Crippen LogP contribution in [0, 0.1) is 0 Å². The first-order valence-corrected chi connectivity index (χ1v) is 7.87. The van der Waals surface area contributed by atoms with Crippen LogP contribution in [0.4, 0.5) is 5.69 Å². The van der Waals surface area contributed by atoms with Crippen LogP contribution in [0.25, 0.3) is 33.1 Å². The number of hydrogen-bond donors (Lipinski definition) is 0. The van der Waals surface area contributed by atoms with E-state index in [1.54, 1.807) is 6.07 Å². The van der Waals surface area contributed by atoms with E-state index < -0.39 is 0 Å². The summed E-state index contributed by atoms with van der Waals surface area (Å²) in [7, 11) is 3.99. The summed E-state index contributed by atoms with van der Waals surface area (Å²) in [5, 5.41) is 2.63. The Morgan fingerprint density at radius 3 is 2.33 bits per heavy atom. The third kappa shape index (κ3) is 2.35. The summed E-state index contributed by atoms with van der Waals surface area (Å²) in [5.74, 6) is 0.592. The van der Waals surface area contributed by atoms with Crippen molar-refractivity contribution in [1.82, 2.24) is 0 Å². The Bertz CT molecular complexity index is 1090. The van der Waals surface area contributed by atoms with Crippen LogP contribution in [0.3, 0.4) is 0 Å². The van der Waals surface area contributed by atoms with Crippen LogP contribution in [0.2, 0.25) is 0 Å². The lowest BCUT2D eigenvalue weighted by Gasteiger charge is -2.12. The first-order chi connectivity index (χ1) is 11.6. The molecular weight excluding hydrogens is 298 g/mol. The number of rotatable bonds is 2. The topological polar surface area (TPSA) is 33.5 Å². The monoisotopic (exact) mass is 315 g/mol. The van der Waals surface area contributed by atoms with Gasteiger partial charge < -0.3 is 9.32 Å². The highest BCUT2D eigenvalue weighted by Gasteiger charge is 2.10. The van der Waals surface area contributed by atoms with Gasteiger partial charge in [0.05, 0.1) is 5.39 Å². The predicted octanol–water partition coefficient (Wildman–Crippen LogP) is 4.68. The summed E-state index contributed by atoms with van der Waals surface area (Å²) >= 11 is 0. The van der Waals surface area contributed by atoms with E-state index >= 15 is 0 Å². The summed E-state index contributed by atoms with van der Waals surface area (Å²) in [6.45, 7) is 0. The van der Waals surface area contributed by atoms with E-state index in [0.29, 0.717) is 16.7 Å². The summed E-state index contributed by atoms with van der Waals surface area (Å²) < 4.78 is 6.13. The number of anilines is 1. The molecule has 0 radical (unpaired) electrons. The second kappa shape index (κ2) is 5.53. The maximum atomic E-state index is 12.5. The lowest BCUT2D eigenvalue weighted by atomic mass is 10.1. The third-order valence-electron chi connectivity index (χ3n) is 4.29. The fourth-order valence-corrected chi connectivity index (χ4v) is 2.95. The van der Waals surface area contributed by atoms with Crippen LogP contribution in [0.15, 0.2) is 75.9 Å². The molecule has 0 saturated carbocycles. The minimum absolute atomic E-state index is 0.0197. The minimum Gasteiger partial charge on any atom is -0.455 e. The van der Waals surface area contributed by atoms with Crippen molar-refractivity contribution in [1.29, 1.82) is 0 Å². The molecule has 0 aliphatic carbocycles. The molecular formula is C21H17NO2. The van der Waals surface area contributed by atoms with Gasteiger partial charge in [-0.3, -0.25) is 4.79 Å². The van der Waals surface area contributed by atoms with Crippen molar-refractivity contribution >= 4 is 27.4 Å². The molecule has 0 fully saturated rings. The maximum Gasteiger partial charge on any atom is 0.193 e. The molecule has 3 heteroatoms. The van der Waals surface area contributed by atoms with Gasteiger partial charge in [-0.05, 0) is 35.7 Å². The number of hydrogen-bond acceptors (Lipinski definition) is 3. The van der Waals surface area contributed by atoms with Gasteiger partial charge in [-0.2, -0.15) is 0 Å². The zero-order valence-corrected chi connectivity index (χ0v) is 13.6. The Labute approximate surface area is 139 Å². The Hall–Kier alpha value is -3.07. The number of nitrogens with zero attached hydrogens (tertiary/aromatic N) is 1. The molecule has 0 bridgehead atoms. The summed E-state index contributed by atoms with van der Waals surface area (Å²) in [6.07, 6.45) is 0. The molecule has 4 rings (SSSR count). The van der Waals surface area contributed by atoms with Gasteiger partial charge in [0.25, 0.3) is 0 Å². The van der Waals surface area contributed by atoms with Crippen LogP contribution in [-0.4, -0.2) is 14.1 Å². The lowest BCUT2D eigenvalue weighted by molar-refractivity contribution is 0.622. The lowest BCUT2D eigenvalue weighted by Crippen LogP contribution is -2.08. The highest BCUT2D eigenvalue weighted by Crippen LogP contribution is 2.28. The molecule has 3 nitrogen and oxygen atoms in total. The van der Waals surface area contributed by atoms with E-state index in [0.717, 1.165) is 22.0 Å². The van der Waals surface area contributed by atoms with Gasteiger partial charge in [0.15, 0.2) is 5.43 Å². The van der Waals surface area contributed by atoms with Crippen LogP contribution in [-0.2, 0) is 0 Å². The largest absolute Gasteiger partial charge is 0.455 e. The SMILES string of the molecule is CN(C)c1ccc(-c2cc(=O)c3ccc4ccccc4c3o2)cc1. The van der Waals surface area contributed by atoms with Gasteiger partial charge in [0, 0.05) is 36.8 Å². The van der Waals surface area contributed by atoms with Crippen molar-refractivity contribution in [3.8, 4) is 11.3 Å². The average molecular weight is 315 g/mol. The second-order valence-electron chi connectivity index (χ2n) is 6.08. The fraction of sp³-hybridized carbons (Fsp3) is 0.0952. The molecule has 0 unspecified atom stereocenters. The Balaban J connectivity index is 1.96. The molecule has 1 aromatic heterocycles. The summed E-state index contributed by atoms with van der Waals surface area (Å²) in [6, 6.07) is 21.3. The Morgan fingerprint density at radius 2 is 1.58 bits per heavy atom. The molecule has 0 atom stereocenters. The molecule has 118 valence electrons. The van der Waals surface area contributed by atoms with Crippen LogP contribution >= 0.6 is 0 Å². The van der Waals surface area contributed by atoms with Gasteiger partial charge >= 0.3 is 0 Å². The molecule has 3 aromatic carbocycles. The molecule has 0 spiro atoms. The maximum absolute atomic E-state index is 12.5. The Morgan fingerprint density at radius 1 is 0.833 bits per heavy atom. The molecule has 0 amide bonds. The summed E-state index contributed by atoms with van der Waals surface area (Å²) in [5.41, 5.74) is 2.63. The van der Waals surface area contributed by atoms with Crippen molar-refractivity contribution in [2.45, 2.75) is 0 Å². The average Bonchev–Trinajstić information content (AvgIpc) is 2.61. The van der Waals surface area contributed by atoms with E-state index in [1.807, 2.05) is 79.7 Å². The molecule has 1 heterocycles. The van der Waals surface area contributed by atoms with Gasteiger partial charge in [-0.1, -0.05) is 30.3 Å². The normalized spacial score (nSPS) is 11.1. The highest BCUT2D eigenvalue weighted by molar-refractivity contribution is 6.04. The minimum atomic E-state index is -0.0197. The summed E-state index contributed by atoms with van der Waals surface area (Å²) in [4.78, 5) is 14.6. The van der Waals surface area contributed by atoms with E-state index in [4.69, 9.17) is 4.42 Å². The fourth-order valence-electron chi connectivity index (χ4n) is 2.95. The molecule has 0 N–H and O–H groups in total. The molecule has 0 saturated heterocycles. The number of benzene rings is 3. The van der Waals surface area contributed by atoms with Gasteiger partial charge in [0.1, 0.15) is 11.3 Å². The molecule has 24 heavy (non-hydrogen) atoms. The zero-order chi connectivity index (χ0) is 16.7. The number of fused-ring (bicyclic) bond motifs is 3. The van der Waals surface area contributed by atoms with Crippen molar-refractivity contribution < 1.29 is 4.42 Å². The first kappa shape index (κ1) is 14.5. The van der Waals surface area contributed by atoms with Crippen LogP contribution in [0.1, 0.15) is 0 Å². The van der Waals surface area contributed by atoms with Crippen LogP contribution < -0.4 is 10.3 Å². The smallest absolute Gasteiger partial charge is 0.193 e. The van der Waals surface area contributed by atoms with E-state index in [-0.39, 0.29) is 5.43 Å². The van der Waals surface area contributed by atoms with Crippen molar-refractivity contribution in [2.75, 3.05) is 19.0 Å². The predicted molar refractivity (Wildman–Crippen MR) is 99.8 cm³/mol. The van der Waals surface area contributed by atoms with Gasteiger partial charge in [0.2, 0.25) is 0 Å². The Kier molecular flexibility index (Phi) is 3.35. The van der Waals surface area contributed by atoms with Crippen LogP contribution in [0.5, 0.6) is 0 Å². The van der Waals surface area contributed by atoms with Gasteiger partial charge in [-0.25, -0.2) is 0 Å². The van der Waals surface area contributed by atoms with E-state index in [1.165, 1.54) is 0 Å². The zero-order valence-electron chi connectivity index (χ0n) is 13.6. The second-order valence-corrected chi connectivity index (χ2v) is 6.08. The van der Waals surface area contributed by atoms with E-state index in [9.17, 15) is 4.79 Å². The first-order valence-electron chi connectivity index (χ1n) is 7.87. The van der Waals surface area contributed by atoms with Crippen molar-refractivity contribution in [3.05, 3.63) is 77.0 Å². The van der Waals surface area contributed by atoms with Crippen molar-refractivity contribution in [3.63, 3.8) is 0 Å². The molecule has 4 aromatic rings.